The summed E-state index contributed by atoms with van der Waals surface area (Å²) in [6.45, 7) is 0.456. The number of carbonyl (C=O) groups excluding carboxylic acids is 1. The molecule has 0 atom stereocenters. The minimum absolute atomic E-state index is 0.192. The van der Waals surface area contributed by atoms with Crippen LogP contribution in [0, 0.1) is 0 Å². The molecule has 23 heavy (non-hydrogen) atoms. The Balaban J connectivity index is 1.83. The summed E-state index contributed by atoms with van der Waals surface area (Å²) >= 11 is 1.63. The van der Waals surface area contributed by atoms with Gasteiger partial charge in [0.1, 0.15) is 0 Å². The second kappa shape index (κ2) is 6.64. The Kier molecular flexibility index (Phi) is 4.41. The highest BCUT2D eigenvalue weighted by atomic mass is 32.1. The fraction of sp³-hybridized carbons (Fsp3) is 0.0556. The highest BCUT2D eigenvalue weighted by Crippen LogP contribution is 2.29. The van der Waals surface area contributed by atoms with Crippen LogP contribution in [-0.4, -0.2) is 5.91 Å². The van der Waals surface area contributed by atoms with Crippen LogP contribution in [0.25, 0.3) is 11.1 Å². The number of amides is 1. The van der Waals surface area contributed by atoms with E-state index in [2.05, 4.69) is 10.7 Å². The molecule has 0 saturated carbocycles. The summed E-state index contributed by atoms with van der Waals surface area (Å²) in [5.74, 6) is -0.192. The van der Waals surface area contributed by atoms with E-state index >= 15 is 0 Å². The molecule has 2 aromatic carbocycles. The molecule has 0 bridgehead atoms. The van der Waals surface area contributed by atoms with Gasteiger partial charge in [0.25, 0.3) is 5.91 Å². The standard InChI is InChI=1S/C18H17N3OS/c19-10-12-1-3-13(4-2-12)18(22)21-17-9-14(5-6-16(17)20)15-7-8-23-11-15/h1-9,11H,10,19-20H2,(H,21,22). The largest absolute Gasteiger partial charge is 0.397 e. The van der Waals surface area contributed by atoms with E-state index in [0.29, 0.717) is 23.5 Å². The van der Waals surface area contributed by atoms with Crippen LogP contribution >= 0.6 is 11.3 Å². The zero-order chi connectivity index (χ0) is 16.2. The molecule has 0 fully saturated rings. The third kappa shape index (κ3) is 3.41. The zero-order valence-electron chi connectivity index (χ0n) is 12.5. The van der Waals surface area contributed by atoms with Gasteiger partial charge in [0.15, 0.2) is 0 Å². The lowest BCUT2D eigenvalue weighted by molar-refractivity contribution is 0.102. The van der Waals surface area contributed by atoms with Gasteiger partial charge in [-0.1, -0.05) is 18.2 Å². The maximum Gasteiger partial charge on any atom is 0.255 e. The first-order valence-corrected chi connectivity index (χ1v) is 8.14. The van der Waals surface area contributed by atoms with Crippen molar-refractivity contribution in [2.75, 3.05) is 11.1 Å². The van der Waals surface area contributed by atoms with Crippen LogP contribution in [0.2, 0.25) is 0 Å². The third-order valence-corrected chi connectivity index (χ3v) is 4.29. The number of hydrogen-bond donors (Lipinski definition) is 3. The Morgan fingerprint density at radius 2 is 1.83 bits per heavy atom. The minimum atomic E-state index is -0.192. The van der Waals surface area contributed by atoms with E-state index in [1.165, 1.54) is 0 Å². The molecule has 0 unspecified atom stereocenters. The predicted molar refractivity (Wildman–Crippen MR) is 96.5 cm³/mol. The summed E-state index contributed by atoms with van der Waals surface area (Å²) < 4.78 is 0. The lowest BCUT2D eigenvalue weighted by Crippen LogP contribution is -2.13. The Bertz CT molecular complexity index is 811. The van der Waals surface area contributed by atoms with Gasteiger partial charge >= 0.3 is 0 Å². The quantitative estimate of drug-likeness (QED) is 0.640. The van der Waals surface area contributed by atoms with Crippen LogP contribution in [-0.2, 0) is 6.54 Å². The Hall–Kier alpha value is -2.63. The van der Waals surface area contributed by atoms with Crippen LogP contribution < -0.4 is 16.8 Å². The van der Waals surface area contributed by atoms with Crippen molar-refractivity contribution in [3.8, 4) is 11.1 Å². The lowest BCUT2D eigenvalue weighted by atomic mass is 10.1. The molecule has 5 N–H and O–H groups in total. The van der Waals surface area contributed by atoms with Gasteiger partial charge in [-0.05, 0) is 57.8 Å². The van der Waals surface area contributed by atoms with Crippen molar-refractivity contribution in [3.63, 3.8) is 0 Å². The van der Waals surface area contributed by atoms with E-state index in [1.807, 2.05) is 35.7 Å². The van der Waals surface area contributed by atoms with Crippen molar-refractivity contribution in [1.29, 1.82) is 0 Å². The van der Waals surface area contributed by atoms with E-state index in [0.717, 1.165) is 16.7 Å². The highest BCUT2D eigenvalue weighted by molar-refractivity contribution is 7.08. The van der Waals surface area contributed by atoms with Crippen LogP contribution in [0.1, 0.15) is 15.9 Å². The van der Waals surface area contributed by atoms with Crippen LogP contribution in [0.15, 0.2) is 59.3 Å². The van der Waals surface area contributed by atoms with Gasteiger partial charge in [-0.3, -0.25) is 4.79 Å². The molecule has 0 radical (unpaired) electrons. The molecule has 1 heterocycles. The summed E-state index contributed by atoms with van der Waals surface area (Å²) in [6.07, 6.45) is 0. The van der Waals surface area contributed by atoms with Gasteiger partial charge in [0.05, 0.1) is 11.4 Å². The molecule has 0 aliphatic heterocycles. The molecule has 1 amide bonds. The van der Waals surface area contributed by atoms with Gasteiger partial charge < -0.3 is 16.8 Å². The number of carbonyl (C=O) groups is 1. The number of nitrogens with two attached hydrogens (primary N) is 2. The first-order valence-electron chi connectivity index (χ1n) is 7.20. The molecule has 4 nitrogen and oxygen atoms in total. The van der Waals surface area contributed by atoms with Crippen molar-refractivity contribution in [2.45, 2.75) is 6.54 Å². The normalized spacial score (nSPS) is 10.5. The molecule has 0 saturated heterocycles. The number of benzene rings is 2. The van der Waals surface area contributed by atoms with Crippen molar-refractivity contribution < 1.29 is 4.79 Å². The molecule has 5 heteroatoms. The maximum atomic E-state index is 12.4. The van der Waals surface area contributed by atoms with E-state index < -0.39 is 0 Å². The topological polar surface area (TPSA) is 81.1 Å². The van der Waals surface area contributed by atoms with Gasteiger partial charge in [-0.25, -0.2) is 0 Å². The molecule has 0 spiro atoms. The second-order valence-corrected chi connectivity index (χ2v) is 5.95. The van der Waals surface area contributed by atoms with E-state index in [-0.39, 0.29) is 5.91 Å². The average molecular weight is 323 g/mol. The summed E-state index contributed by atoms with van der Waals surface area (Å²) in [7, 11) is 0. The molecule has 0 aliphatic rings. The summed E-state index contributed by atoms with van der Waals surface area (Å²) in [5, 5.41) is 6.95. The molecule has 116 valence electrons. The minimum Gasteiger partial charge on any atom is -0.397 e. The van der Waals surface area contributed by atoms with Gasteiger partial charge in [-0.15, -0.1) is 0 Å². The number of thiophene rings is 1. The third-order valence-electron chi connectivity index (χ3n) is 3.61. The molecule has 1 aromatic heterocycles. The maximum absolute atomic E-state index is 12.4. The van der Waals surface area contributed by atoms with Crippen molar-refractivity contribution in [2.24, 2.45) is 5.73 Å². The molecular formula is C18H17N3OS. The Labute approximate surface area is 138 Å². The molecular weight excluding hydrogens is 306 g/mol. The fourth-order valence-corrected chi connectivity index (χ4v) is 2.92. The van der Waals surface area contributed by atoms with Crippen LogP contribution in [0.5, 0.6) is 0 Å². The average Bonchev–Trinajstić information content (AvgIpc) is 3.11. The summed E-state index contributed by atoms with van der Waals surface area (Å²) in [4.78, 5) is 12.4. The lowest BCUT2D eigenvalue weighted by Gasteiger charge is -2.10. The molecule has 3 aromatic rings. The van der Waals surface area contributed by atoms with Crippen molar-refractivity contribution in [3.05, 3.63) is 70.4 Å². The SMILES string of the molecule is NCc1ccc(C(=O)Nc2cc(-c3ccsc3)ccc2N)cc1. The Morgan fingerprint density at radius 3 is 2.48 bits per heavy atom. The van der Waals surface area contributed by atoms with Crippen molar-refractivity contribution in [1.82, 2.24) is 0 Å². The number of rotatable bonds is 4. The molecule has 3 rings (SSSR count). The van der Waals surface area contributed by atoms with Gasteiger partial charge in [-0.2, -0.15) is 11.3 Å². The smallest absolute Gasteiger partial charge is 0.255 e. The summed E-state index contributed by atoms with van der Waals surface area (Å²) in [6, 6.07) is 14.9. The number of nitrogen functional groups attached to an aromatic ring is 1. The molecule has 0 aliphatic carbocycles. The highest BCUT2D eigenvalue weighted by Gasteiger charge is 2.09. The van der Waals surface area contributed by atoms with Crippen LogP contribution in [0.3, 0.4) is 0 Å². The van der Waals surface area contributed by atoms with E-state index in [1.54, 1.807) is 29.5 Å². The number of anilines is 2. The second-order valence-electron chi connectivity index (χ2n) is 5.17. The summed E-state index contributed by atoms with van der Waals surface area (Å²) in [5.41, 5.74) is 16.4. The zero-order valence-corrected chi connectivity index (χ0v) is 13.3. The predicted octanol–water partition coefficient (Wildman–Crippen LogP) is 3.71. The van der Waals surface area contributed by atoms with Gasteiger partial charge in [0.2, 0.25) is 0 Å². The Morgan fingerprint density at radius 1 is 1.04 bits per heavy atom. The fourth-order valence-electron chi connectivity index (χ4n) is 2.26. The number of hydrogen-bond acceptors (Lipinski definition) is 4. The monoisotopic (exact) mass is 323 g/mol. The van der Waals surface area contributed by atoms with Crippen LogP contribution in [0.4, 0.5) is 11.4 Å². The van der Waals surface area contributed by atoms with Crippen molar-refractivity contribution >= 4 is 28.6 Å². The first kappa shape index (κ1) is 15.3. The van der Waals surface area contributed by atoms with E-state index in [4.69, 9.17) is 11.5 Å². The van der Waals surface area contributed by atoms with Gasteiger partial charge in [0, 0.05) is 12.1 Å². The van der Waals surface area contributed by atoms with E-state index in [9.17, 15) is 4.79 Å². The first-order chi connectivity index (χ1) is 11.2. The number of nitrogens with one attached hydrogen (secondary N) is 1.